The second-order valence-corrected chi connectivity index (χ2v) is 8.61. The lowest BCUT2D eigenvalue weighted by molar-refractivity contribution is -0.122. The Balaban J connectivity index is 1.45. The highest BCUT2D eigenvalue weighted by Crippen LogP contribution is 2.35. The molecule has 3 heterocycles. The number of aryl methyl sites for hydroxylation is 2. The molecular formula is C19H18N4O3S2. The van der Waals surface area contributed by atoms with E-state index >= 15 is 0 Å². The molecule has 1 aromatic carbocycles. The zero-order valence-electron chi connectivity index (χ0n) is 15.5. The van der Waals surface area contributed by atoms with E-state index in [9.17, 15) is 9.59 Å². The molecule has 144 valence electrons. The zero-order valence-corrected chi connectivity index (χ0v) is 17.2. The van der Waals surface area contributed by atoms with Crippen molar-refractivity contribution < 1.29 is 14.3 Å². The summed E-state index contributed by atoms with van der Waals surface area (Å²) in [4.78, 5) is 35.0. The average molecular weight is 415 g/mol. The molecule has 1 aliphatic heterocycles. The Hall–Kier alpha value is -2.65. The van der Waals surface area contributed by atoms with Crippen LogP contribution in [0.1, 0.15) is 17.4 Å². The number of anilines is 2. The monoisotopic (exact) mass is 414 g/mol. The second-order valence-electron chi connectivity index (χ2n) is 6.44. The number of thioether (sulfide) groups is 1. The maximum atomic E-state index is 12.4. The lowest BCUT2D eigenvalue weighted by Gasteiger charge is -2.23. The summed E-state index contributed by atoms with van der Waals surface area (Å²) in [5.41, 5.74) is 2.30. The van der Waals surface area contributed by atoms with Gasteiger partial charge in [-0.3, -0.25) is 9.59 Å². The third kappa shape index (κ3) is 3.55. The van der Waals surface area contributed by atoms with E-state index in [2.05, 4.69) is 27.5 Å². The minimum atomic E-state index is -0.529. The molecule has 3 aromatic rings. The molecule has 2 amide bonds. The summed E-state index contributed by atoms with van der Waals surface area (Å²) in [5.74, 6) is 0.446. The van der Waals surface area contributed by atoms with E-state index in [1.54, 1.807) is 36.5 Å². The molecule has 1 aliphatic rings. The van der Waals surface area contributed by atoms with Crippen molar-refractivity contribution in [2.24, 2.45) is 0 Å². The van der Waals surface area contributed by atoms with Crippen molar-refractivity contribution in [3.05, 3.63) is 35.0 Å². The molecule has 0 saturated heterocycles. The first-order chi connectivity index (χ1) is 13.4. The van der Waals surface area contributed by atoms with Gasteiger partial charge in [0.2, 0.25) is 5.91 Å². The van der Waals surface area contributed by atoms with Crippen LogP contribution < -0.4 is 15.4 Å². The molecule has 0 aliphatic carbocycles. The second kappa shape index (κ2) is 7.40. The van der Waals surface area contributed by atoms with Crippen molar-refractivity contribution in [3.8, 4) is 5.75 Å². The summed E-state index contributed by atoms with van der Waals surface area (Å²) in [5, 5.41) is 7.45. The molecular weight excluding hydrogens is 396 g/mol. The van der Waals surface area contributed by atoms with E-state index in [4.69, 9.17) is 4.74 Å². The lowest BCUT2D eigenvalue weighted by Crippen LogP contribution is -2.34. The number of benzene rings is 1. The van der Waals surface area contributed by atoms with Crippen LogP contribution in [0.3, 0.4) is 0 Å². The highest BCUT2D eigenvalue weighted by Gasteiger charge is 2.23. The van der Waals surface area contributed by atoms with Crippen molar-refractivity contribution in [1.29, 1.82) is 0 Å². The van der Waals surface area contributed by atoms with Gasteiger partial charge in [-0.1, -0.05) is 11.8 Å². The average Bonchev–Trinajstić information content (AvgIpc) is 2.96. The van der Waals surface area contributed by atoms with Crippen LogP contribution in [0.15, 0.2) is 29.6 Å². The van der Waals surface area contributed by atoms with Gasteiger partial charge in [-0.2, -0.15) is 0 Å². The van der Waals surface area contributed by atoms with Gasteiger partial charge >= 0.3 is 0 Å². The number of aromatic nitrogens is 2. The van der Waals surface area contributed by atoms with Crippen molar-refractivity contribution in [2.75, 3.05) is 16.4 Å². The van der Waals surface area contributed by atoms with Gasteiger partial charge < -0.3 is 15.4 Å². The minimum Gasteiger partial charge on any atom is -0.479 e. The third-order valence-corrected chi connectivity index (χ3v) is 6.57. The Morgan fingerprint density at radius 2 is 2.18 bits per heavy atom. The van der Waals surface area contributed by atoms with Crippen molar-refractivity contribution in [3.63, 3.8) is 0 Å². The van der Waals surface area contributed by atoms with Gasteiger partial charge in [0.25, 0.3) is 5.91 Å². The van der Waals surface area contributed by atoms with E-state index in [1.165, 1.54) is 23.0 Å². The topological polar surface area (TPSA) is 93.2 Å². The summed E-state index contributed by atoms with van der Waals surface area (Å²) in [6.07, 6.45) is 1.00. The van der Waals surface area contributed by atoms with E-state index in [-0.39, 0.29) is 17.6 Å². The predicted molar refractivity (Wildman–Crippen MR) is 111 cm³/mol. The summed E-state index contributed by atoms with van der Waals surface area (Å²) < 4.78 is 5.52. The number of amides is 2. The fraction of sp³-hybridized carbons (Fsp3) is 0.263. The third-order valence-electron chi connectivity index (χ3n) is 4.46. The first-order valence-electron chi connectivity index (χ1n) is 8.67. The number of fused-ring (bicyclic) bond motifs is 2. The van der Waals surface area contributed by atoms with Gasteiger partial charge in [0.1, 0.15) is 21.9 Å². The molecule has 7 nitrogen and oxygen atoms in total. The molecule has 4 rings (SSSR count). The van der Waals surface area contributed by atoms with Crippen molar-refractivity contribution >= 4 is 56.5 Å². The molecule has 2 aromatic heterocycles. The lowest BCUT2D eigenvalue weighted by atomic mass is 10.2. The van der Waals surface area contributed by atoms with E-state index in [0.29, 0.717) is 17.1 Å². The fourth-order valence-corrected chi connectivity index (χ4v) is 4.79. The molecule has 0 unspecified atom stereocenters. The first kappa shape index (κ1) is 18.7. The normalized spacial score (nSPS) is 15.7. The number of nitrogens with zero attached hydrogens (tertiary/aromatic N) is 2. The molecule has 0 bridgehead atoms. The van der Waals surface area contributed by atoms with Gasteiger partial charge in [-0.25, -0.2) is 9.97 Å². The molecule has 2 N–H and O–H groups in total. The Labute approximate surface area is 169 Å². The highest BCUT2D eigenvalue weighted by atomic mass is 32.2. The number of hydrogen-bond donors (Lipinski definition) is 2. The Morgan fingerprint density at radius 3 is 3.00 bits per heavy atom. The van der Waals surface area contributed by atoms with Crippen LogP contribution >= 0.6 is 23.1 Å². The fourth-order valence-electron chi connectivity index (χ4n) is 2.88. The quantitative estimate of drug-likeness (QED) is 0.499. The molecule has 1 atom stereocenters. The highest BCUT2D eigenvalue weighted by molar-refractivity contribution is 8.00. The van der Waals surface area contributed by atoms with Crippen LogP contribution in [-0.2, 0) is 9.59 Å². The van der Waals surface area contributed by atoms with Crippen molar-refractivity contribution in [1.82, 2.24) is 9.97 Å². The van der Waals surface area contributed by atoms with E-state index in [0.717, 1.165) is 20.8 Å². The first-order valence-corrected chi connectivity index (χ1v) is 10.5. The minimum absolute atomic E-state index is 0.155. The van der Waals surface area contributed by atoms with E-state index in [1.807, 2.05) is 6.92 Å². The number of rotatable bonds is 4. The number of carbonyl (C=O) groups is 2. The predicted octanol–water partition coefficient (Wildman–Crippen LogP) is 3.76. The summed E-state index contributed by atoms with van der Waals surface area (Å²) in [7, 11) is 0. The van der Waals surface area contributed by atoms with Gasteiger partial charge in [0, 0.05) is 16.0 Å². The maximum absolute atomic E-state index is 12.4. The van der Waals surface area contributed by atoms with Gasteiger partial charge in [-0.15, -0.1) is 11.3 Å². The number of thiophene rings is 1. The number of carbonyl (C=O) groups excluding carboxylic acids is 2. The van der Waals surface area contributed by atoms with Crippen LogP contribution in [0.4, 0.5) is 11.4 Å². The zero-order chi connectivity index (χ0) is 19.8. The number of ether oxygens (including phenoxy) is 1. The summed E-state index contributed by atoms with van der Waals surface area (Å²) in [6.45, 7) is 5.79. The number of nitrogens with one attached hydrogen (secondary N) is 2. The van der Waals surface area contributed by atoms with Gasteiger partial charge in [0.05, 0.1) is 11.4 Å². The molecule has 0 fully saturated rings. The Kier molecular flexibility index (Phi) is 4.94. The van der Waals surface area contributed by atoms with E-state index < -0.39 is 6.10 Å². The van der Waals surface area contributed by atoms with Gasteiger partial charge in [-0.05, 0) is 44.5 Å². The van der Waals surface area contributed by atoms with Crippen LogP contribution in [0.5, 0.6) is 5.75 Å². The molecule has 0 saturated carbocycles. The van der Waals surface area contributed by atoms with Gasteiger partial charge in [0.15, 0.2) is 6.10 Å². The van der Waals surface area contributed by atoms with Crippen LogP contribution in [0.2, 0.25) is 0 Å². The maximum Gasteiger partial charge on any atom is 0.265 e. The summed E-state index contributed by atoms with van der Waals surface area (Å²) >= 11 is 3.02. The SMILES string of the molecule is Cc1sc2ncnc(SCC(=O)Nc3ccc4c(c3)NC(=O)[C@H](C)O4)c2c1C. The molecule has 28 heavy (non-hydrogen) atoms. The van der Waals surface area contributed by atoms with Crippen LogP contribution in [0.25, 0.3) is 10.2 Å². The van der Waals surface area contributed by atoms with Crippen molar-refractivity contribution in [2.45, 2.75) is 31.9 Å². The smallest absolute Gasteiger partial charge is 0.265 e. The Morgan fingerprint density at radius 1 is 1.36 bits per heavy atom. The largest absolute Gasteiger partial charge is 0.479 e. The molecule has 9 heteroatoms. The summed E-state index contributed by atoms with van der Waals surface area (Å²) in [6, 6.07) is 5.18. The number of hydrogen-bond acceptors (Lipinski definition) is 7. The molecule has 0 radical (unpaired) electrons. The van der Waals surface area contributed by atoms with Crippen LogP contribution in [-0.4, -0.2) is 33.6 Å². The standard InChI is InChI=1S/C19H18N4O3S2/c1-9-11(3)28-19-16(9)18(20-8-21-19)27-7-15(24)22-12-4-5-14-13(6-12)23-17(25)10(2)26-14/h4-6,8,10H,7H2,1-3H3,(H,22,24)(H,23,25)/t10-/m0/s1. The Bertz CT molecular complexity index is 1100. The van der Waals surface area contributed by atoms with Crippen LogP contribution in [0, 0.1) is 13.8 Å². The molecule has 0 spiro atoms.